The lowest BCUT2D eigenvalue weighted by Gasteiger charge is -2.30. The minimum Gasteiger partial charge on any atom is -0.491 e. The average molecular weight is 367 g/mol. The first-order chi connectivity index (χ1) is 12.9. The summed E-state index contributed by atoms with van der Waals surface area (Å²) >= 11 is 0. The molecule has 6 heteroatoms. The van der Waals surface area contributed by atoms with Crippen LogP contribution >= 0.6 is 0 Å². The van der Waals surface area contributed by atoms with Crippen LogP contribution < -0.4 is 4.74 Å². The molecule has 0 radical (unpaired) electrons. The fourth-order valence-corrected chi connectivity index (χ4v) is 3.61. The number of pyridine rings is 1. The summed E-state index contributed by atoms with van der Waals surface area (Å²) in [5.74, 6) is 1.08. The molecule has 27 heavy (non-hydrogen) atoms. The average Bonchev–Trinajstić information content (AvgIpc) is 3.06. The zero-order chi connectivity index (χ0) is 19.2. The highest BCUT2D eigenvalue weighted by molar-refractivity contribution is 6.19. The minimum atomic E-state index is -0.742. The van der Waals surface area contributed by atoms with E-state index in [9.17, 15) is 9.90 Å². The Morgan fingerprint density at radius 2 is 2.11 bits per heavy atom. The number of nitrogens with zero attached hydrogens (tertiary/aromatic N) is 1. The molecule has 1 aliphatic rings. The highest BCUT2D eigenvalue weighted by atomic mass is 16.5. The van der Waals surface area contributed by atoms with E-state index in [2.05, 4.69) is 4.98 Å². The van der Waals surface area contributed by atoms with Gasteiger partial charge in [-0.3, -0.25) is 4.79 Å². The number of carbonyl (C=O) groups is 1. The second kappa shape index (κ2) is 6.48. The number of aliphatic hydroxyl groups excluding tert-OH is 2. The lowest BCUT2D eigenvalue weighted by Crippen LogP contribution is -2.29. The second-order valence-electron chi connectivity index (χ2n) is 7.30. The summed E-state index contributed by atoms with van der Waals surface area (Å²) in [6.07, 6.45) is 1.16. The number of hydrogen-bond donors (Lipinski definition) is 2. The predicted molar refractivity (Wildman–Crippen MR) is 99.2 cm³/mol. The number of hydrogen-bond acceptors (Lipinski definition) is 6. The van der Waals surface area contributed by atoms with Crippen molar-refractivity contribution in [1.82, 2.24) is 4.98 Å². The van der Waals surface area contributed by atoms with Gasteiger partial charge in [0.25, 0.3) is 0 Å². The monoisotopic (exact) mass is 367 g/mol. The minimum absolute atomic E-state index is 0.0769. The van der Waals surface area contributed by atoms with Crippen molar-refractivity contribution < 1.29 is 24.2 Å². The van der Waals surface area contributed by atoms with Gasteiger partial charge in [-0.15, -0.1) is 0 Å². The van der Waals surface area contributed by atoms with Gasteiger partial charge in [-0.2, -0.15) is 0 Å². The zero-order valence-corrected chi connectivity index (χ0v) is 15.2. The summed E-state index contributed by atoms with van der Waals surface area (Å²) in [7, 11) is 0. The molecule has 1 aromatic carbocycles. The molecule has 140 valence electrons. The maximum atomic E-state index is 13.1. The van der Waals surface area contributed by atoms with Crippen LogP contribution in [0.25, 0.3) is 11.1 Å². The number of fused-ring (bicyclic) bond motifs is 4. The van der Waals surface area contributed by atoms with Crippen molar-refractivity contribution >= 4 is 16.9 Å². The Morgan fingerprint density at radius 3 is 2.89 bits per heavy atom. The molecule has 2 N–H and O–H groups in total. The fourth-order valence-electron chi connectivity index (χ4n) is 3.61. The van der Waals surface area contributed by atoms with Crippen LogP contribution in [0.15, 0.2) is 40.9 Å². The predicted octanol–water partition coefficient (Wildman–Crippen LogP) is 2.82. The van der Waals surface area contributed by atoms with Gasteiger partial charge in [-0.1, -0.05) is 0 Å². The van der Waals surface area contributed by atoms with Crippen molar-refractivity contribution in [2.24, 2.45) is 0 Å². The van der Waals surface area contributed by atoms with Crippen molar-refractivity contribution in [2.75, 3.05) is 13.2 Å². The molecule has 0 saturated heterocycles. The van der Waals surface area contributed by atoms with Gasteiger partial charge in [0.2, 0.25) is 5.71 Å². The van der Waals surface area contributed by atoms with E-state index in [4.69, 9.17) is 14.3 Å². The zero-order valence-electron chi connectivity index (χ0n) is 15.2. The van der Waals surface area contributed by atoms with E-state index >= 15 is 0 Å². The summed E-state index contributed by atoms with van der Waals surface area (Å²) in [5, 5.41) is 19.3. The van der Waals surface area contributed by atoms with E-state index in [1.807, 2.05) is 26.0 Å². The SMILES string of the molecule is CC1(C)c2cc(OCC(O)CCO)ccc2C(=O)c2c1oc1ncccc21. The summed E-state index contributed by atoms with van der Waals surface area (Å²) in [5.41, 5.74) is 1.92. The first-order valence-electron chi connectivity index (χ1n) is 8.92. The Morgan fingerprint density at radius 1 is 1.30 bits per heavy atom. The Kier molecular flexibility index (Phi) is 4.25. The first kappa shape index (κ1) is 17.7. The summed E-state index contributed by atoms with van der Waals surface area (Å²) < 4.78 is 11.6. The standard InChI is InChI=1S/C21H21NO5/c1-21(2)16-10-13(26-11-12(24)7-9-23)5-6-14(16)18(25)17-15-4-3-8-22-20(15)27-19(17)21/h3-6,8,10,12,23-24H,7,9,11H2,1-2H3. The van der Waals surface area contributed by atoms with Gasteiger partial charge in [0, 0.05) is 23.8 Å². The molecule has 0 spiro atoms. The second-order valence-corrected chi connectivity index (χ2v) is 7.30. The Labute approximate surface area is 156 Å². The quantitative estimate of drug-likeness (QED) is 0.720. The number of ether oxygens (including phenoxy) is 1. The number of carbonyl (C=O) groups excluding carboxylic acids is 1. The summed E-state index contributed by atoms with van der Waals surface area (Å²) in [4.78, 5) is 17.4. The highest BCUT2D eigenvalue weighted by Gasteiger charge is 2.42. The van der Waals surface area contributed by atoms with Crippen molar-refractivity contribution in [3.63, 3.8) is 0 Å². The fraction of sp³-hybridized carbons (Fsp3) is 0.333. The van der Waals surface area contributed by atoms with Crippen molar-refractivity contribution in [3.8, 4) is 5.75 Å². The molecule has 4 rings (SSSR count). The molecule has 0 amide bonds. The Hall–Kier alpha value is -2.70. The van der Waals surface area contributed by atoms with Gasteiger partial charge >= 0.3 is 0 Å². The van der Waals surface area contributed by atoms with Crippen LogP contribution in [0, 0.1) is 0 Å². The Bertz CT molecular complexity index is 1020. The van der Waals surface area contributed by atoms with Crippen molar-refractivity contribution in [1.29, 1.82) is 0 Å². The number of benzene rings is 1. The molecule has 3 aromatic rings. The van der Waals surface area contributed by atoms with Gasteiger partial charge in [0.15, 0.2) is 5.78 Å². The largest absolute Gasteiger partial charge is 0.491 e. The van der Waals surface area contributed by atoms with E-state index in [0.717, 1.165) is 10.9 Å². The van der Waals surface area contributed by atoms with Gasteiger partial charge < -0.3 is 19.4 Å². The molecule has 6 nitrogen and oxygen atoms in total. The van der Waals surface area contributed by atoms with Crippen LogP contribution in [0.4, 0.5) is 0 Å². The molecule has 1 aliphatic carbocycles. The van der Waals surface area contributed by atoms with Crippen LogP contribution in [0.2, 0.25) is 0 Å². The van der Waals surface area contributed by atoms with E-state index in [-0.39, 0.29) is 25.4 Å². The number of ketones is 1. The maximum absolute atomic E-state index is 13.1. The Balaban J connectivity index is 1.75. The third kappa shape index (κ3) is 2.81. The van der Waals surface area contributed by atoms with Gasteiger partial charge in [-0.05, 0) is 56.2 Å². The topological polar surface area (TPSA) is 92.8 Å². The molecule has 0 aliphatic heterocycles. The van der Waals surface area contributed by atoms with Gasteiger partial charge in [0.1, 0.15) is 18.1 Å². The van der Waals surface area contributed by atoms with Crippen LogP contribution in [-0.4, -0.2) is 40.3 Å². The highest BCUT2D eigenvalue weighted by Crippen LogP contribution is 2.45. The molecule has 1 atom stereocenters. The van der Waals surface area contributed by atoms with E-state index in [0.29, 0.717) is 28.4 Å². The van der Waals surface area contributed by atoms with Crippen LogP contribution in [0.1, 0.15) is 47.5 Å². The lowest BCUT2D eigenvalue weighted by atomic mass is 9.72. The number of rotatable bonds is 5. The molecule has 2 aromatic heterocycles. The number of furan rings is 1. The molecule has 2 heterocycles. The molecule has 0 fully saturated rings. The molecule has 1 unspecified atom stereocenters. The summed E-state index contributed by atoms with van der Waals surface area (Å²) in [6.45, 7) is 3.99. The van der Waals surface area contributed by atoms with E-state index in [1.165, 1.54) is 0 Å². The van der Waals surface area contributed by atoms with Gasteiger partial charge in [-0.25, -0.2) is 4.98 Å². The molecule has 0 saturated carbocycles. The first-order valence-corrected chi connectivity index (χ1v) is 8.92. The molecular weight excluding hydrogens is 346 g/mol. The van der Waals surface area contributed by atoms with Gasteiger partial charge in [0.05, 0.1) is 17.1 Å². The van der Waals surface area contributed by atoms with Crippen LogP contribution in [0.3, 0.4) is 0 Å². The smallest absolute Gasteiger partial charge is 0.226 e. The lowest BCUT2D eigenvalue weighted by molar-refractivity contribution is 0.0820. The normalized spacial score (nSPS) is 16.1. The van der Waals surface area contributed by atoms with E-state index < -0.39 is 11.5 Å². The number of aromatic nitrogens is 1. The molecule has 0 bridgehead atoms. The third-order valence-electron chi connectivity index (χ3n) is 5.07. The van der Waals surface area contributed by atoms with Crippen LogP contribution in [0.5, 0.6) is 5.75 Å². The van der Waals surface area contributed by atoms with Crippen molar-refractivity contribution in [3.05, 3.63) is 59.0 Å². The molecular formula is C21H21NO5. The van der Waals surface area contributed by atoms with E-state index in [1.54, 1.807) is 24.4 Å². The van der Waals surface area contributed by atoms with Crippen molar-refractivity contribution in [2.45, 2.75) is 31.8 Å². The maximum Gasteiger partial charge on any atom is 0.226 e. The third-order valence-corrected chi connectivity index (χ3v) is 5.07. The number of aliphatic hydroxyl groups is 2. The van der Waals surface area contributed by atoms with Crippen LogP contribution in [-0.2, 0) is 5.41 Å². The summed E-state index contributed by atoms with van der Waals surface area (Å²) in [6, 6.07) is 8.95.